The van der Waals surface area contributed by atoms with E-state index in [2.05, 4.69) is 5.32 Å². The van der Waals surface area contributed by atoms with Crippen LogP contribution in [-0.2, 0) is 14.8 Å². The van der Waals surface area contributed by atoms with E-state index in [9.17, 15) is 13.2 Å². The molecule has 7 heteroatoms. The molecule has 1 atom stereocenters. The number of hydrogen-bond acceptors (Lipinski definition) is 4. The Bertz CT molecular complexity index is 657. The van der Waals surface area contributed by atoms with E-state index < -0.39 is 10.0 Å². The molecule has 2 saturated heterocycles. The lowest BCUT2D eigenvalue weighted by atomic mass is 10.0. The summed E-state index contributed by atoms with van der Waals surface area (Å²) in [6.07, 6.45) is 3.74. The molecule has 0 saturated carbocycles. The molecule has 1 amide bonds. The second kappa shape index (κ2) is 7.63. The first-order valence-corrected chi connectivity index (χ1v) is 10.1. The number of amides is 1. The van der Waals surface area contributed by atoms with E-state index in [1.165, 1.54) is 4.31 Å². The molecule has 0 bridgehead atoms. The van der Waals surface area contributed by atoms with Gasteiger partial charge in [0, 0.05) is 26.2 Å². The Balaban J connectivity index is 1.65. The maximum Gasteiger partial charge on any atom is 0.243 e. The molecule has 3 rings (SSSR count). The van der Waals surface area contributed by atoms with E-state index >= 15 is 0 Å². The second-order valence-corrected chi connectivity index (χ2v) is 8.34. The fourth-order valence-electron chi connectivity index (χ4n) is 3.38. The van der Waals surface area contributed by atoms with Crippen molar-refractivity contribution in [3.63, 3.8) is 0 Å². The van der Waals surface area contributed by atoms with Crippen LogP contribution in [0.25, 0.3) is 0 Å². The summed E-state index contributed by atoms with van der Waals surface area (Å²) in [6.45, 7) is 2.79. The van der Waals surface area contributed by atoms with Gasteiger partial charge in [0.2, 0.25) is 15.9 Å². The molecule has 2 aliphatic rings. The van der Waals surface area contributed by atoms with Crippen molar-refractivity contribution in [1.29, 1.82) is 0 Å². The molecular weight excluding hydrogens is 326 g/mol. The van der Waals surface area contributed by atoms with Crippen LogP contribution >= 0.6 is 0 Å². The normalized spacial score (nSPS) is 23.7. The minimum atomic E-state index is -3.48. The summed E-state index contributed by atoms with van der Waals surface area (Å²) in [7, 11) is -3.48. The molecule has 6 nitrogen and oxygen atoms in total. The van der Waals surface area contributed by atoms with Gasteiger partial charge in [0.25, 0.3) is 0 Å². The lowest BCUT2D eigenvalue weighted by Gasteiger charge is -2.29. The number of hydrogen-bond donors (Lipinski definition) is 1. The first kappa shape index (κ1) is 17.4. The Morgan fingerprint density at radius 2 is 1.79 bits per heavy atom. The lowest BCUT2D eigenvalue weighted by Crippen LogP contribution is -2.49. The first-order valence-electron chi connectivity index (χ1n) is 8.66. The summed E-state index contributed by atoms with van der Waals surface area (Å²) in [6, 6.07) is 8.41. The zero-order valence-corrected chi connectivity index (χ0v) is 14.7. The smallest absolute Gasteiger partial charge is 0.243 e. The van der Waals surface area contributed by atoms with E-state index in [4.69, 9.17) is 0 Å². The Labute approximate surface area is 143 Å². The van der Waals surface area contributed by atoms with Gasteiger partial charge in [-0.25, -0.2) is 8.42 Å². The van der Waals surface area contributed by atoms with E-state index in [1.54, 1.807) is 30.3 Å². The van der Waals surface area contributed by atoms with Gasteiger partial charge in [-0.15, -0.1) is 0 Å². The SMILES string of the molecule is O=C(C1CCCCN1)N1CCCN(S(=O)(=O)c2ccccc2)CC1. The highest BCUT2D eigenvalue weighted by atomic mass is 32.2. The zero-order valence-electron chi connectivity index (χ0n) is 13.9. The standard InChI is InChI=1S/C17H25N3O3S/c21-17(16-9-4-5-10-18-16)19-11-6-12-20(14-13-19)24(22,23)15-7-2-1-3-8-15/h1-3,7-8,16,18H,4-6,9-14H2. The largest absolute Gasteiger partial charge is 0.340 e. The molecule has 0 aromatic heterocycles. The van der Waals surface area contributed by atoms with Crippen LogP contribution in [0, 0.1) is 0 Å². The third-order valence-corrected chi connectivity index (χ3v) is 6.67. The maximum atomic E-state index is 12.7. The molecule has 0 radical (unpaired) electrons. The molecule has 1 N–H and O–H groups in total. The van der Waals surface area contributed by atoms with Gasteiger partial charge in [-0.2, -0.15) is 4.31 Å². The number of piperidine rings is 1. The Kier molecular flexibility index (Phi) is 5.53. The third kappa shape index (κ3) is 3.79. The second-order valence-electron chi connectivity index (χ2n) is 6.40. The van der Waals surface area contributed by atoms with E-state index in [0.29, 0.717) is 37.5 Å². The van der Waals surface area contributed by atoms with Gasteiger partial charge in [0.15, 0.2) is 0 Å². The van der Waals surface area contributed by atoms with Crippen LogP contribution in [0.1, 0.15) is 25.7 Å². The predicted molar refractivity (Wildman–Crippen MR) is 92.0 cm³/mol. The van der Waals surface area contributed by atoms with Crippen LogP contribution in [0.15, 0.2) is 35.2 Å². The minimum absolute atomic E-state index is 0.101. The molecule has 2 heterocycles. The molecule has 0 spiro atoms. The average molecular weight is 351 g/mol. The topological polar surface area (TPSA) is 69.7 Å². The molecule has 1 aromatic rings. The van der Waals surface area contributed by atoms with Crippen molar-refractivity contribution in [2.75, 3.05) is 32.7 Å². The van der Waals surface area contributed by atoms with Crippen molar-refractivity contribution in [2.45, 2.75) is 36.6 Å². The van der Waals surface area contributed by atoms with E-state index in [1.807, 2.05) is 4.90 Å². The number of carbonyl (C=O) groups is 1. The van der Waals surface area contributed by atoms with Crippen LogP contribution in [0.2, 0.25) is 0 Å². The Morgan fingerprint density at radius 3 is 2.50 bits per heavy atom. The van der Waals surface area contributed by atoms with Gasteiger partial charge >= 0.3 is 0 Å². The Morgan fingerprint density at radius 1 is 1.00 bits per heavy atom. The van der Waals surface area contributed by atoms with Crippen molar-refractivity contribution in [2.24, 2.45) is 0 Å². The first-order chi connectivity index (χ1) is 11.6. The molecule has 0 aliphatic carbocycles. The summed E-state index contributed by atoms with van der Waals surface area (Å²) in [5.41, 5.74) is 0. The van der Waals surface area contributed by atoms with Crippen molar-refractivity contribution < 1.29 is 13.2 Å². The predicted octanol–water partition coefficient (Wildman–Crippen LogP) is 1.05. The van der Waals surface area contributed by atoms with Gasteiger partial charge in [-0.1, -0.05) is 24.6 Å². The number of sulfonamides is 1. The molecule has 24 heavy (non-hydrogen) atoms. The molecule has 2 aliphatic heterocycles. The summed E-state index contributed by atoms with van der Waals surface area (Å²) in [5.74, 6) is 0.119. The fraction of sp³-hybridized carbons (Fsp3) is 0.588. The van der Waals surface area contributed by atoms with Gasteiger partial charge in [0.05, 0.1) is 10.9 Å². The summed E-state index contributed by atoms with van der Waals surface area (Å²) < 4.78 is 27.0. The number of nitrogens with zero attached hydrogens (tertiary/aromatic N) is 2. The monoisotopic (exact) mass is 351 g/mol. The fourth-order valence-corrected chi connectivity index (χ4v) is 4.87. The number of rotatable bonds is 3. The third-order valence-electron chi connectivity index (χ3n) is 4.76. The average Bonchev–Trinajstić information content (AvgIpc) is 2.89. The maximum absolute atomic E-state index is 12.7. The molecule has 1 aromatic carbocycles. The molecule has 132 valence electrons. The molecule has 2 fully saturated rings. The van der Waals surface area contributed by atoms with Crippen molar-refractivity contribution >= 4 is 15.9 Å². The van der Waals surface area contributed by atoms with Crippen LogP contribution in [0.5, 0.6) is 0 Å². The zero-order chi connectivity index (χ0) is 17.0. The summed E-state index contributed by atoms with van der Waals surface area (Å²) in [4.78, 5) is 14.8. The van der Waals surface area contributed by atoms with Gasteiger partial charge < -0.3 is 10.2 Å². The van der Waals surface area contributed by atoms with Crippen LogP contribution < -0.4 is 5.32 Å². The van der Waals surface area contributed by atoms with Crippen LogP contribution in [0.3, 0.4) is 0 Å². The van der Waals surface area contributed by atoms with Gasteiger partial charge in [0.1, 0.15) is 0 Å². The van der Waals surface area contributed by atoms with E-state index in [-0.39, 0.29) is 11.9 Å². The summed E-state index contributed by atoms with van der Waals surface area (Å²) >= 11 is 0. The summed E-state index contributed by atoms with van der Waals surface area (Å²) in [5, 5.41) is 3.28. The van der Waals surface area contributed by atoms with Gasteiger partial charge in [-0.3, -0.25) is 4.79 Å². The highest BCUT2D eigenvalue weighted by Gasteiger charge is 2.30. The number of benzene rings is 1. The highest BCUT2D eigenvalue weighted by molar-refractivity contribution is 7.89. The lowest BCUT2D eigenvalue weighted by molar-refractivity contribution is -0.133. The van der Waals surface area contributed by atoms with Crippen molar-refractivity contribution in [3.8, 4) is 0 Å². The molecule has 1 unspecified atom stereocenters. The highest BCUT2D eigenvalue weighted by Crippen LogP contribution is 2.18. The number of nitrogens with one attached hydrogen (secondary N) is 1. The van der Waals surface area contributed by atoms with Crippen molar-refractivity contribution in [1.82, 2.24) is 14.5 Å². The van der Waals surface area contributed by atoms with Gasteiger partial charge in [-0.05, 0) is 37.9 Å². The van der Waals surface area contributed by atoms with Crippen molar-refractivity contribution in [3.05, 3.63) is 30.3 Å². The quantitative estimate of drug-likeness (QED) is 0.884. The Hall–Kier alpha value is -1.44. The van der Waals surface area contributed by atoms with E-state index in [0.717, 1.165) is 25.8 Å². The van der Waals surface area contributed by atoms with Crippen LogP contribution in [-0.4, -0.2) is 62.3 Å². The minimum Gasteiger partial charge on any atom is -0.340 e. The molecular formula is C17H25N3O3S. The van der Waals surface area contributed by atoms with Crippen LogP contribution in [0.4, 0.5) is 0 Å². The number of carbonyl (C=O) groups excluding carboxylic acids is 1.